The van der Waals surface area contributed by atoms with Crippen LogP contribution in [0.1, 0.15) is 15.9 Å². The lowest BCUT2D eigenvalue weighted by Crippen LogP contribution is -2.04. The Morgan fingerprint density at radius 3 is 2.75 bits per heavy atom. The molecular formula is C16H11ClFNO. The molecule has 0 saturated heterocycles. The molecule has 1 N–H and O–H groups in total. The third-order valence-corrected chi connectivity index (χ3v) is 3.58. The fourth-order valence-electron chi connectivity index (χ4n) is 2.27. The SMILES string of the molecule is O=C(Cc1ccccc1F)c1c[nH]c2cccc(Cl)c12. The molecule has 20 heavy (non-hydrogen) atoms. The Labute approximate surface area is 120 Å². The van der Waals surface area contributed by atoms with Crippen LogP contribution >= 0.6 is 11.6 Å². The number of ketones is 1. The van der Waals surface area contributed by atoms with Gasteiger partial charge in [0.25, 0.3) is 0 Å². The Morgan fingerprint density at radius 2 is 1.95 bits per heavy atom. The van der Waals surface area contributed by atoms with Gasteiger partial charge in [-0.1, -0.05) is 35.9 Å². The first-order chi connectivity index (χ1) is 9.66. The molecule has 1 aromatic heterocycles. The smallest absolute Gasteiger partial charge is 0.169 e. The van der Waals surface area contributed by atoms with Crippen LogP contribution in [0.3, 0.4) is 0 Å². The van der Waals surface area contributed by atoms with Crippen molar-refractivity contribution in [2.75, 3.05) is 0 Å². The number of rotatable bonds is 3. The van der Waals surface area contributed by atoms with Gasteiger partial charge in [0.15, 0.2) is 5.78 Å². The van der Waals surface area contributed by atoms with Gasteiger partial charge in [-0.15, -0.1) is 0 Å². The summed E-state index contributed by atoms with van der Waals surface area (Å²) < 4.78 is 13.6. The van der Waals surface area contributed by atoms with Crippen LogP contribution < -0.4 is 0 Å². The van der Waals surface area contributed by atoms with Crippen LogP contribution in [0.25, 0.3) is 10.9 Å². The molecule has 0 aliphatic carbocycles. The monoisotopic (exact) mass is 287 g/mol. The van der Waals surface area contributed by atoms with Crippen molar-refractivity contribution in [1.29, 1.82) is 0 Å². The topological polar surface area (TPSA) is 32.9 Å². The van der Waals surface area contributed by atoms with Crippen LogP contribution in [-0.2, 0) is 6.42 Å². The first kappa shape index (κ1) is 12.9. The standard InChI is InChI=1S/C16H11ClFNO/c17-12-5-3-7-14-16(12)11(9-19-14)15(20)8-10-4-1-2-6-13(10)18/h1-7,9,19H,8H2. The van der Waals surface area contributed by atoms with Crippen LogP contribution in [0, 0.1) is 5.82 Å². The van der Waals surface area contributed by atoms with Gasteiger partial charge in [-0.05, 0) is 23.8 Å². The number of carbonyl (C=O) groups is 1. The van der Waals surface area contributed by atoms with E-state index < -0.39 is 0 Å². The predicted molar refractivity (Wildman–Crippen MR) is 77.7 cm³/mol. The summed E-state index contributed by atoms with van der Waals surface area (Å²) in [5.74, 6) is -0.527. The number of hydrogen-bond acceptors (Lipinski definition) is 1. The van der Waals surface area contributed by atoms with Gasteiger partial charge in [-0.25, -0.2) is 4.39 Å². The summed E-state index contributed by atoms with van der Waals surface area (Å²) in [6.07, 6.45) is 1.64. The fraction of sp³-hybridized carbons (Fsp3) is 0.0625. The van der Waals surface area contributed by atoms with Gasteiger partial charge in [0.05, 0.1) is 5.02 Å². The molecule has 0 bridgehead atoms. The largest absolute Gasteiger partial charge is 0.360 e. The minimum Gasteiger partial charge on any atom is -0.360 e. The summed E-state index contributed by atoms with van der Waals surface area (Å²) in [7, 11) is 0. The van der Waals surface area contributed by atoms with Gasteiger partial charge in [0.2, 0.25) is 0 Å². The number of fused-ring (bicyclic) bond motifs is 1. The highest BCUT2D eigenvalue weighted by Gasteiger charge is 2.16. The van der Waals surface area contributed by atoms with Crippen molar-refractivity contribution in [3.05, 3.63) is 70.6 Å². The highest BCUT2D eigenvalue weighted by molar-refractivity contribution is 6.36. The lowest BCUT2D eigenvalue weighted by Gasteiger charge is -2.03. The van der Waals surface area contributed by atoms with Crippen molar-refractivity contribution >= 4 is 28.3 Å². The molecule has 100 valence electrons. The first-order valence-corrected chi connectivity index (χ1v) is 6.57. The molecule has 0 aliphatic rings. The second kappa shape index (κ2) is 5.10. The number of halogens is 2. The van der Waals surface area contributed by atoms with Crippen LogP contribution in [0.5, 0.6) is 0 Å². The van der Waals surface area contributed by atoms with E-state index in [1.807, 2.05) is 12.1 Å². The van der Waals surface area contributed by atoms with Crippen molar-refractivity contribution in [1.82, 2.24) is 4.98 Å². The van der Waals surface area contributed by atoms with Gasteiger partial charge >= 0.3 is 0 Å². The number of aromatic nitrogens is 1. The molecule has 4 heteroatoms. The molecule has 0 aliphatic heterocycles. The van der Waals surface area contributed by atoms with Crippen molar-refractivity contribution < 1.29 is 9.18 Å². The predicted octanol–water partition coefficient (Wildman–Crippen LogP) is 4.39. The van der Waals surface area contributed by atoms with E-state index in [2.05, 4.69) is 4.98 Å². The van der Waals surface area contributed by atoms with E-state index in [1.165, 1.54) is 6.07 Å². The Kier molecular flexibility index (Phi) is 3.28. The molecule has 3 aromatic rings. The third kappa shape index (κ3) is 2.21. The summed E-state index contributed by atoms with van der Waals surface area (Å²) in [5, 5.41) is 1.20. The Balaban J connectivity index is 2.00. The molecule has 2 aromatic carbocycles. The maximum atomic E-state index is 13.6. The van der Waals surface area contributed by atoms with E-state index in [4.69, 9.17) is 11.6 Å². The molecular weight excluding hydrogens is 277 g/mol. The second-order valence-electron chi connectivity index (χ2n) is 4.56. The van der Waals surface area contributed by atoms with Crippen molar-refractivity contribution in [2.45, 2.75) is 6.42 Å². The van der Waals surface area contributed by atoms with Gasteiger partial charge in [0.1, 0.15) is 5.82 Å². The number of nitrogens with one attached hydrogen (secondary N) is 1. The van der Waals surface area contributed by atoms with Crippen molar-refractivity contribution in [3.63, 3.8) is 0 Å². The summed E-state index contributed by atoms with van der Waals surface area (Å²) >= 11 is 6.14. The van der Waals surface area contributed by atoms with Gasteiger partial charge < -0.3 is 4.98 Å². The number of carbonyl (C=O) groups excluding carboxylic acids is 1. The first-order valence-electron chi connectivity index (χ1n) is 6.19. The van der Waals surface area contributed by atoms with E-state index >= 15 is 0 Å². The lowest BCUT2D eigenvalue weighted by molar-refractivity contribution is 0.0993. The molecule has 0 spiro atoms. The lowest BCUT2D eigenvalue weighted by atomic mass is 10.0. The van der Waals surface area contributed by atoms with Crippen LogP contribution in [0.2, 0.25) is 5.02 Å². The third-order valence-electron chi connectivity index (χ3n) is 3.26. The Morgan fingerprint density at radius 1 is 1.15 bits per heavy atom. The quantitative estimate of drug-likeness (QED) is 0.712. The van der Waals surface area contributed by atoms with E-state index in [1.54, 1.807) is 30.5 Å². The minimum atomic E-state index is -0.369. The highest BCUT2D eigenvalue weighted by Crippen LogP contribution is 2.27. The highest BCUT2D eigenvalue weighted by atomic mass is 35.5. The summed E-state index contributed by atoms with van der Waals surface area (Å²) in [6, 6.07) is 11.7. The average Bonchev–Trinajstić information content (AvgIpc) is 2.87. The zero-order valence-corrected chi connectivity index (χ0v) is 11.2. The van der Waals surface area contributed by atoms with E-state index in [9.17, 15) is 9.18 Å². The maximum absolute atomic E-state index is 13.6. The summed E-state index contributed by atoms with van der Waals surface area (Å²) in [5.41, 5.74) is 1.68. The van der Waals surface area contributed by atoms with E-state index in [0.29, 0.717) is 21.5 Å². The Bertz CT molecular complexity index is 794. The molecule has 0 amide bonds. The fourth-order valence-corrected chi connectivity index (χ4v) is 2.55. The molecule has 0 atom stereocenters. The second-order valence-corrected chi connectivity index (χ2v) is 4.96. The molecule has 0 radical (unpaired) electrons. The normalized spacial score (nSPS) is 10.9. The van der Waals surface area contributed by atoms with E-state index in [-0.39, 0.29) is 18.0 Å². The zero-order chi connectivity index (χ0) is 14.1. The van der Waals surface area contributed by atoms with Crippen molar-refractivity contribution in [2.24, 2.45) is 0 Å². The average molecular weight is 288 g/mol. The molecule has 0 unspecified atom stereocenters. The van der Waals surface area contributed by atoms with Crippen LogP contribution in [0.15, 0.2) is 48.7 Å². The Hall–Kier alpha value is -2.13. The summed E-state index contributed by atoms with van der Waals surface area (Å²) in [4.78, 5) is 15.4. The number of hydrogen-bond donors (Lipinski definition) is 1. The van der Waals surface area contributed by atoms with Crippen molar-refractivity contribution in [3.8, 4) is 0 Å². The number of benzene rings is 2. The molecule has 2 nitrogen and oxygen atoms in total. The number of aromatic amines is 1. The number of H-pyrrole nitrogens is 1. The van der Waals surface area contributed by atoms with Crippen LogP contribution in [-0.4, -0.2) is 10.8 Å². The molecule has 0 fully saturated rings. The number of Topliss-reactive ketones (excluding diaryl/α,β-unsaturated/α-hetero) is 1. The molecule has 0 saturated carbocycles. The van der Waals surface area contributed by atoms with Gasteiger partial charge in [-0.2, -0.15) is 0 Å². The van der Waals surface area contributed by atoms with Crippen LogP contribution in [0.4, 0.5) is 4.39 Å². The maximum Gasteiger partial charge on any atom is 0.169 e. The van der Waals surface area contributed by atoms with E-state index in [0.717, 1.165) is 5.52 Å². The summed E-state index contributed by atoms with van der Waals surface area (Å²) in [6.45, 7) is 0. The molecule has 1 heterocycles. The van der Waals surface area contributed by atoms with Gasteiger partial charge in [-0.3, -0.25) is 4.79 Å². The zero-order valence-electron chi connectivity index (χ0n) is 10.5. The minimum absolute atomic E-state index is 0.0187. The molecule has 3 rings (SSSR count). The van der Waals surface area contributed by atoms with Gasteiger partial charge in [0, 0.05) is 29.1 Å².